The topological polar surface area (TPSA) is 82.2 Å². The van der Waals surface area contributed by atoms with Crippen LogP contribution in [0.15, 0.2) is 61.1 Å². The molecule has 1 atom stereocenters. The molecule has 1 aliphatic rings. The molecule has 1 aromatic carbocycles. The summed E-state index contributed by atoms with van der Waals surface area (Å²) in [7, 11) is 0. The highest BCUT2D eigenvalue weighted by atomic mass is 16.2. The van der Waals surface area contributed by atoms with Gasteiger partial charge in [-0.1, -0.05) is 30.3 Å². The van der Waals surface area contributed by atoms with Crippen molar-refractivity contribution in [3.05, 3.63) is 72.3 Å². The zero-order valence-corrected chi connectivity index (χ0v) is 17.0. The van der Waals surface area contributed by atoms with E-state index in [0.717, 1.165) is 16.7 Å². The Morgan fingerprint density at radius 2 is 1.93 bits per heavy atom. The van der Waals surface area contributed by atoms with Crippen molar-refractivity contribution < 1.29 is 9.59 Å². The lowest BCUT2D eigenvalue weighted by molar-refractivity contribution is -0.134. The Bertz CT molecular complexity index is 986. The van der Waals surface area contributed by atoms with Gasteiger partial charge in [0, 0.05) is 44.8 Å². The van der Waals surface area contributed by atoms with Gasteiger partial charge >= 0.3 is 0 Å². The predicted molar refractivity (Wildman–Crippen MR) is 114 cm³/mol. The van der Waals surface area contributed by atoms with Gasteiger partial charge in [0.25, 0.3) is 5.91 Å². The second-order valence-electron chi connectivity index (χ2n) is 7.48. The largest absolute Gasteiger partial charge is 0.341 e. The maximum Gasteiger partial charge on any atom is 0.271 e. The first-order chi connectivity index (χ1) is 14.7. The molecule has 154 valence electrons. The number of hydrogen-bond acceptors (Lipinski definition) is 4. The second-order valence-corrected chi connectivity index (χ2v) is 7.48. The van der Waals surface area contributed by atoms with Crippen molar-refractivity contribution in [2.45, 2.75) is 13.3 Å². The number of aromatic amines is 1. The van der Waals surface area contributed by atoms with Crippen molar-refractivity contribution in [3.8, 4) is 11.1 Å². The van der Waals surface area contributed by atoms with Crippen LogP contribution in [0.1, 0.15) is 23.0 Å². The fraction of sp³-hybridized carbons (Fsp3) is 0.304. The van der Waals surface area contributed by atoms with Crippen LogP contribution in [0.4, 0.5) is 0 Å². The Hall–Kier alpha value is -3.48. The summed E-state index contributed by atoms with van der Waals surface area (Å²) >= 11 is 0. The number of benzene rings is 1. The van der Waals surface area contributed by atoms with Crippen molar-refractivity contribution >= 4 is 11.8 Å². The highest BCUT2D eigenvalue weighted by molar-refractivity contribution is 5.93. The van der Waals surface area contributed by atoms with E-state index in [4.69, 9.17) is 0 Å². The number of hydrogen-bond donors (Lipinski definition) is 1. The van der Waals surface area contributed by atoms with Crippen LogP contribution >= 0.6 is 0 Å². The molecular formula is C23H25N5O2. The Labute approximate surface area is 175 Å². The van der Waals surface area contributed by atoms with E-state index in [1.165, 1.54) is 0 Å². The summed E-state index contributed by atoms with van der Waals surface area (Å²) in [4.78, 5) is 33.7. The number of carbonyl (C=O) groups excluding carboxylic acids is 2. The fourth-order valence-electron chi connectivity index (χ4n) is 3.89. The van der Waals surface area contributed by atoms with Crippen LogP contribution in [0, 0.1) is 5.92 Å². The lowest BCUT2D eigenvalue weighted by atomic mass is 9.96. The highest BCUT2D eigenvalue weighted by Gasteiger charge is 2.32. The van der Waals surface area contributed by atoms with Crippen LogP contribution in [-0.4, -0.2) is 63.0 Å². The minimum atomic E-state index is -0.274. The molecule has 0 bridgehead atoms. The van der Waals surface area contributed by atoms with Crippen molar-refractivity contribution in [3.63, 3.8) is 0 Å². The predicted octanol–water partition coefficient (Wildman–Crippen LogP) is 2.63. The molecule has 1 unspecified atom stereocenters. The number of pyridine rings is 1. The van der Waals surface area contributed by atoms with Crippen LogP contribution in [0.2, 0.25) is 0 Å². The summed E-state index contributed by atoms with van der Waals surface area (Å²) in [5, 5.41) is 6.61. The average molecular weight is 403 g/mol. The zero-order chi connectivity index (χ0) is 20.9. The SMILES string of the molecule is CCN1CCN(C(=O)c2ccn[nH]2)CC(Cc2ccc(-c3cccnc3)cc2)C1=O. The molecule has 1 aliphatic heterocycles. The van der Waals surface area contributed by atoms with Crippen LogP contribution in [0.5, 0.6) is 0 Å². The molecule has 0 spiro atoms. The molecule has 0 aliphatic carbocycles. The van der Waals surface area contributed by atoms with Gasteiger partial charge in [0.2, 0.25) is 5.91 Å². The highest BCUT2D eigenvalue weighted by Crippen LogP contribution is 2.22. The molecule has 2 aromatic heterocycles. The average Bonchev–Trinajstić information content (AvgIpc) is 3.28. The van der Waals surface area contributed by atoms with Gasteiger partial charge in [0.15, 0.2) is 0 Å². The quantitative estimate of drug-likeness (QED) is 0.710. The number of nitrogens with one attached hydrogen (secondary N) is 1. The summed E-state index contributed by atoms with van der Waals surface area (Å²) in [6.07, 6.45) is 5.75. The Kier molecular flexibility index (Phi) is 5.88. The lowest BCUT2D eigenvalue weighted by Crippen LogP contribution is -2.38. The van der Waals surface area contributed by atoms with Gasteiger partial charge in [-0.15, -0.1) is 0 Å². The molecule has 1 fully saturated rings. The van der Waals surface area contributed by atoms with E-state index in [-0.39, 0.29) is 17.7 Å². The molecule has 3 heterocycles. The molecule has 30 heavy (non-hydrogen) atoms. The lowest BCUT2D eigenvalue weighted by Gasteiger charge is -2.23. The monoisotopic (exact) mass is 403 g/mol. The molecule has 0 radical (unpaired) electrons. The number of carbonyl (C=O) groups is 2. The van der Waals surface area contributed by atoms with E-state index in [0.29, 0.717) is 38.3 Å². The Morgan fingerprint density at radius 3 is 2.60 bits per heavy atom. The third-order valence-corrected chi connectivity index (χ3v) is 5.57. The van der Waals surface area contributed by atoms with E-state index < -0.39 is 0 Å². The van der Waals surface area contributed by atoms with E-state index in [1.807, 2.05) is 30.2 Å². The van der Waals surface area contributed by atoms with E-state index in [2.05, 4.69) is 39.4 Å². The zero-order valence-electron chi connectivity index (χ0n) is 17.0. The number of amides is 2. The molecule has 3 aromatic rings. The van der Waals surface area contributed by atoms with Gasteiger partial charge in [0.05, 0.1) is 5.92 Å². The van der Waals surface area contributed by atoms with Gasteiger partial charge in [0.1, 0.15) is 5.69 Å². The first kappa shape index (κ1) is 19.8. The van der Waals surface area contributed by atoms with Gasteiger partial charge in [-0.2, -0.15) is 5.10 Å². The Morgan fingerprint density at radius 1 is 1.10 bits per heavy atom. The molecular weight excluding hydrogens is 378 g/mol. The van der Waals surface area contributed by atoms with Crippen LogP contribution in [0.3, 0.4) is 0 Å². The van der Waals surface area contributed by atoms with Crippen LogP contribution in [0.25, 0.3) is 11.1 Å². The summed E-state index contributed by atoms with van der Waals surface area (Å²) in [6, 6.07) is 13.8. The van der Waals surface area contributed by atoms with Gasteiger partial charge in [-0.25, -0.2) is 0 Å². The summed E-state index contributed by atoms with van der Waals surface area (Å²) in [5.41, 5.74) is 3.67. The standard InChI is InChI=1S/C23H25N5O2/c1-2-27-12-13-28(23(30)21-9-11-25-26-21)16-20(22(27)29)14-17-5-7-18(8-6-17)19-4-3-10-24-15-19/h3-11,15,20H,2,12-14,16H2,1H3,(H,25,26). The normalized spacial score (nSPS) is 17.1. The van der Waals surface area contributed by atoms with Gasteiger partial charge in [-0.05, 0) is 42.2 Å². The minimum absolute atomic E-state index is 0.105. The van der Waals surface area contributed by atoms with Gasteiger partial charge in [-0.3, -0.25) is 19.7 Å². The number of nitrogens with zero attached hydrogens (tertiary/aromatic N) is 4. The molecule has 1 N–H and O–H groups in total. The van der Waals surface area contributed by atoms with E-state index in [1.54, 1.807) is 23.4 Å². The third-order valence-electron chi connectivity index (χ3n) is 5.57. The second kappa shape index (κ2) is 8.90. The smallest absolute Gasteiger partial charge is 0.271 e. The number of H-pyrrole nitrogens is 1. The maximum absolute atomic E-state index is 13.1. The molecule has 7 nitrogen and oxygen atoms in total. The molecule has 1 saturated heterocycles. The maximum atomic E-state index is 13.1. The minimum Gasteiger partial charge on any atom is -0.341 e. The van der Waals surface area contributed by atoms with Gasteiger partial charge < -0.3 is 9.80 Å². The Balaban J connectivity index is 1.52. The molecule has 7 heteroatoms. The summed E-state index contributed by atoms with van der Waals surface area (Å²) in [6.45, 7) is 4.09. The first-order valence-electron chi connectivity index (χ1n) is 10.2. The summed E-state index contributed by atoms with van der Waals surface area (Å²) in [5.74, 6) is -0.285. The first-order valence-corrected chi connectivity index (χ1v) is 10.2. The van der Waals surface area contributed by atoms with E-state index in [9.17, 15) is 9.59 Å². The third kappa shape index (κ3) is 4.25. The number of likely N-dealkylation sites (N-methyl/N-ethyl adjacent to an activating group) is 1. The molecule has 4 rings (SSSR count). The molecule has 0 saturated carbocycles. The summed E-state index contributed by atoms with van der Waals surface area (Å²) < 4.78 is 0. The number of rotatable bonds is 5. The van der Waals surface area contributed by atoms with E-state index >= 15 is 0 Å². The van der Waals surface area contributed by atoms with Crippen LogP contribution in [-0.2, 0) is 11.2 Å². The van der Waals surface area contributed by atoms with Crippen molar-refractivity contribution in [2.75, 3.05) is 26.2 Å². The number of aromatic nitrogens is 3. The van der Waals surface area contributed by atoms with Crippen molar-refractivity contribution in [1.29, 1.82) is 0 Å². The van der Waals surface area contributed by atoms with Crippen LogP contribution < -0.4 is 0 Å². The van der Waals surface area contributed by atoms with Crippen molar-refractivity contribution in [1.82, 2.24) is 25.0 Å². The molecule has 2 amide bonds. The van der Waals surface area contributed by atoms with Crippen molar-refractivity contribution in [2.24, 2.45) is 5.92 Å². The fourth-order valence-corrected chi connectivity index (χ4v) is 3.89.